The van der Waals surface area contributed by atoms with Gasteiger partial charge in [0, 0.05) is 0 Å². The lowest BCUT2D eigenvalue weighted by atomic mass is 10.0. The largest absolute Gasteiger partial charge is 0.469 e. The molecule has 96 valence electrons. The summed E-state index contributed by atoms with van der Waals surface area (Å²) in [6.07, 6.45) is 2.21. The van der Waals surface area contributed by atoms with Gasteiger partial charge in [0.15, 0.2) is 0 Å². The Morgan fingerprint density at radius 3 is 2.50 bits per heavy atom. The third kappa shape index (κ3) is 1.96. The zero-order valence-corrected chi connectivity index (χ0v) is 11.4. The van der Waals surface area contributed by atoms with Crippen molar-refractivity contribution < 1.29 is 9.53 Å². The molecule has 1 aromatic carbocycles. The highest BCUT2D eigenvalue weighted by molar-refractivity contribution is 5.82. The lowest BCUT2D eigenvalue weighted by molar-refractivity contribution is -0.147. The number of rotatable bonds is 3. The van der Waals surface area contributed by atoms with Crippen molar-refractivity contribution in [3.8, 4) is 0 Å². The van der Waals surface area contributed by atoms with Crippen molar-refractivity contribution in [1.82, 2.24) is 0 Å². The molecule has 0 bridgehead atoms. The van der Waals surface area contributed by atoms with E-state index in [1.165, 1.54) is 18.2 Å². The lowest BCUT2D eigenvalue weighted by Gasteiger charge is -2.07. The Morgan fingerprint density at radius 1 is 1.33 bits per heavy atom. The van der Waals surface area contributed by atoms with Gasteiger partial charge in [-0.1, -0.05) is 43.3 Å². The number of carbonyl (C=O) groups is 1. The average Bonchev–Trinajstić information content (AvgIpc) is 2.93. The van der Waals surface area contributed by atoms with E-state index < -0.39 is 0 Å². The minimum absolute atomic E-state index is 0.0999. The SMILES string of the molecule is COC(=O)C1(C)C(C)C1C=C(C)c1ccccc1. The van der Waals surface area contributed by atoms with E-state index >= 15 is 0 Å². The highest BCUT2D eigenvalue weighted by Gasteiger charge is 2.63. The zero-order valence-electron chi connectivity index (χ0n) is 11.4. The van der Waals surface area contributed by atoms with E-state index in [1.54, 1.807) is 0 Å². The monoisotopic (exact) mass is 244 g/mol. The molecule has 2 rings (SSSR count). The number of allylic oxidation sites excluding steroid dienone is 2. The zero-order chi connectivity index (χ0) is 13.3. The van der Waals surface area contributed by atoms with Crippen LogP contribution in [0.1, 0.15) is 26.3 Å². The van der Waals surface area contributed by atoms with Crippen LogP contribution < -0.4 is 0 Å². The minimum atomic E-state index is -0.342. The summed E-state index contributed by atoms with van der Waals surface area (Å²) in [6, 6.07) is 10.3. The van der Waals surface area contributed by atoms with E-state index in [9.17, 15) is 4.79 Å². The summed E-state index contributed by atoms with van der Waals surface area (Å²) in [5, 5.41) is 0. The predicted molar refractivity (Wildman–Crippen MR) is 72.9 cm³/mol. The van der Waals surface area contributed by atoms with Gasteiger partial charge in [-0.25, -0.2) is 0 Å². The summed E-state index contributed by atoms with van der Waals surface area (Å²) in [4.78, 5) is 11.8. The second-order valence-corrected chi connectivity index (χ2v) is 5.30. The van der Waals surface area contributed by atoms with Gasteiger partial charge in [-0.2, -0.15) is 0 Å². The molecule has 18 heavy (non-hydrogen) atoms. The first kappa shape index (κ1) is 12.9. The van der Waals surface area contributed by atoms with E-state index in [4.69, 9.17) is 4.74 Å². The maximum atomic E-state index is 11.8. The summed E-state index contributed by atoms with van der Waals surface area (Å²) in [5.74, 6) is 0.533. The Bertz CT molecular complexity index is 475. The van der Waals surface area contributed by atoms with Gasteiger partial charge in [-0.3, -0.25) is 4.79 Å². The molecule has 2 nitrogen and oxygen atoms in total. The van der Waals surface area contributed by atoms with Crippen LogP contribution in [0.4, 0.5) is 0 Å². The second-order valence-electron chi connectivity index (χ2n) is 5.30. The van der Waals surface area contributed by atoms with Crippen molar-refractivity contribution in [3.63, 3.8) is 0 Å². The Hall–Kier alpha value is -1.57. The standard InChI is InChI=1S/C16H20O2/c1-11(13-8-6-5-7-9-13)10-14-12(2)16(14,3)15(17)18-4/h5-10,12,14H,1-4H3. The Kier molecular flexibility index (Phi) is 3.29. The van der Waals surface area contributed by atoms with Gasteiger partial charge in [-0.15, -0.1) is 0 Å². The smallest absolute Gasteiger partial charge is 0.312 e. The van der Waals surface area contributed by atoms with Crippen LogP contribution in [-0.4, -0.2) is 13.1 Å². The summed E-state index contributed by atoms with van der Waals surface area (Å²) in [7, 11) is 1.46. The second kappa shape index (κ2) is 4.60. The van der Waals surface area contributed by atoms with Crippen LogP contribution in [-0.2, 0) is 9.53 Å². The van der Waals surface area contributed by atoms with Crippen LogP contribution in [0.5, 0.6) is 0 Å². The minimum Gasteiger partial charge on any atom is -0.469 e. The number of ether oxygens (including phenoxy) is 1. The van der Waals surface area contributed by atoms with E-state index in [2.05, 4.69) is 32.1 Å². The van der Waals surface area contributed by atoms with E-state index in [1.807, 2.05) is 25.1 Å². The predicted octanol–water partition coefficient (Wildman–Crippen LogP) is 3.54. The number of hydrogen-bond acceptors (Lipinski definition) is 2. The summed E-state index contributed by atoms with van der Waals surface area (Å²) in [5.41, 5.74) is 2.09. The van der Waals surface area contributed by atoms with Crippen LogP contribution in [0.15, 0.2) is 36.4 Å². The molecule has 0 saturated heterocycles. The maximum absolute atomic E-state index is 11.8. The number of carbonyl (C=O) groups excluding carboxylic acids is 1. The third-order valence-corrected chi connectivity index (χ3v) is 4.35. The quantitative estimate of drug-likeness (QED) is 0.760. The molecule has 0 N–H and O–H groups in total. The summed E-state index contributed by atoms with van der Waals surface area (Å²) < 4.78 is 4.90. The van der Waals surface area contributed by atoms with E-state index in [-0.39, 0.29) is 17.3 Å². The van der Waals surface area contributed by atoms with Crippen molar-refractivity contribution in [2.75, 3.05) is 7.11 Å². The highest BCUT2D eigenvalue weighted by Crippen LogP contribution is 2.60. The molecule has 3 atom stereocenters. The molecular formula is C16H20O2. The highest BCUT2D eigenvalue weighted by atomic mass is 16.5. The number of methoxy groups -OCH3 is 1. The Balaban J connectivity index is 2.19. The molecule has 1 aliphatic carbocycles. The molecule has 1 aliphatic rings. The molecular weight excluding hydrogens is 224 g/mol. The van der Waals surface area contributed by atoms with Crippen LogP contribution in [0.2, 0.25) is 0 Å². The van der Waals surface area contributed by atoms with Gasteiger partial charge in [-0.05, 0) is 36.8 Å². The summed E-state index contributed by atoms with van der Waals surface area (Å²) in [6.45, 7) is 6.19. The van der Waals surface area contributed by atoms with Gasteiger partial charge in [0.1, 0.15) is 0 Å². The van der Waals surface area contributed by atoms with Gasteiger partial charge in [0.05, 0.1) is 12.5 Å². The topological polar surface area (TPSA) is 26.3 Å². The Morgan fingerprint density at radius 2 is 1.94 bits per heavy atom. The van der Waals surface area contributed by atoms with Crippen LogP contribution >= 0.6 is 0 Å². The molecule has 0 aromatic heterocycles. The Labute approximate surface area is 109 Å². The molecule has 1 saturated carbocycles. The van der Waals surface area contributed by atoms with E-state index in [0.29, 0.717) is 5.92 Å². The molecule has 1 aromatic rings. The van der Waals surface area contributed by atoms with E-state index in [0.717, 1.165) is 0 Å². The molecule has 2 heteroatoms. The van der Waals surface area contributed by atoms with Gasteiger partial charge in [0.25, 0.3) is 0 Å². The van der Waals surface area contributed by atoms with Gasteiger partial charge in [0.2, 0.25) is 0 Å². The molecule has 0 aliphatic heterocycles. The fraction of sp³-hybridized carbons (Fsp3) is 0.438. The fourth-order valence-corrected chi connectivity index (χ4v) is 2.69. The lowest BCUT2D eigenvalue weighted by Crippen LogP contribution is -2.16. The number of benzene rings is 1. The molecule has 0 spiro atoms. The van der Waals surface area contributed by atoms with Crippen molar-refractivity contribution in [1.29, 1.82) is 0 Å². The first-order valence-electron chi connectivity index (χ1n) is 6.34. The maximum Gasteiger partial charge on any atom is 0.312 e. The molecule has 0 amide bonds. The van der Waals surface area contributed by atoms with Crippen LogP contribution in [0.25, 0.3) is 5.57 Å². The van der Waals surface area contributed by atoms with Gasteiger partial charge >= 0.3 is 5.97 Å². The normalized spacial score (nSPS) is 31.0. The molecule has 1 fully saturated rings. The molecule has 0 radical (unpaired) electrons. The molecule has 0 heterocycles. The fourth-order valence-electron chi connectivity index (χ4n) is 2.69. The van der Waals surface area contributed by atoms with Crippen molar-refractivity contribution in [3.05, 3.63) is 42.0 Å². The molecule has 3 unspecified atom stereocenters. The van der Waals surface area contributed by atoms with Crippen LogP contribution in [0.3, 0.4) is 0 Å². The average molecular weight is 244 g/mol. The number of hydrogen-bond donors (Lipinski definition) is 0. The first-order chi connectivity index (χ1) is 8.51. The first-order valence-corrected chi connectivity index (χ1v) is 6.34. The third-order valence-electron chi connectivity index (χ3n) is 4.35. The van der Waals surface area contributed by atoms with Crippen molar-refractivity contribution in [2.45, 2.75) is 20.8 Å². The van der Waals surface area contributed by atoms with Crippen molar-refractivity contribution >= 4 is 11.5 Å². The van der Waals surface area contributed by atoms with Gasteiger partial charge < -0.3 is 4.74 Å². The van der Waals surface area contributed by atoms with Crippen molar-refractivity contribution in [2.24, 2.45) is 17.3 Å². The van der Waals surface area contributed by atoms with Crippen LogP contribution in [0, 0.1) is 17.3 Å². The number of esters is 1. The summed E-state index contributed by atoms with van der Waals surface area (Å²) >= 11 is 0.